The first-order valence-electron chi connectivity index (χ1n) is 2.59. The Kier molecular flexibility index (Phi) is 1.55. The number of pyridine rings is 1. The lowest BCUT2D eigenvalue weighted by Crippen LogP contribution is -2.02. The van der Waals surface area contributed by atoms with Crippen LogP contribution < -0.4 is 5.43 Å². The summed E-state index contributed by atoms with van der Waals surface area (Å²) in [5, 5.41) is 0. The summed E-state index contributed by atoms with van der Waals surface area (Å²) in [6, 6.07) is 1.99. The van der Waals surface area contributed by atoms with Gasteiger partial charge in [-0.05, 0) is 0 Å². The lowest BCUT2D eigenvalue weighted by molar-refractivity contribution is 0.581. The van der Waals surface area contributed by atoms with E-state index < -0.39 is 11.4 Å². The SMILES string of the molecule is C#Cc1cc(=O)cc(F)[nH]1. The summed E-state index contributed by atoms with van der Waals surface area (Å²) < 4.78 is 12.3. The van der Waals surface area contributed by atoms with Crippen LogP contribution in [0.15, 0.2) is 16.9 Å². The van der Waals surface area contributed by atoms with Crippen molar-refractivity contribution in [1.82, 2.24) is 4.98 Å². The molecule has 0 atom stereocenters. The van der Waals surface area contributed by atoms with Gasteiger partial charge in [-0.25, -0.2) is 0 Å². The fourth-order valence-corrected chi connectivity index (χ4v) is 0.587. The van der Waals surface area contributed by atoms with Gasteiger partial charge in [0.1, 0.15) is 0 Å². The summed E-state index contributed by atoms with van der Waals surface area (Å²) in [6.45, 7) is 0. The molecule has 0 radical (unpaired) electrons. The van der Waals surface area contributed by atoms with Crippen LogP contribution in [0, 0.1) is 18.3 Å². The maximum atomic E-state index is 12.3. The highest BCUT2D eigenvalue weighted by Crippen LogP contribution is 1.89. The number of hydrogen-bond acceptors (Lipinski definition) is 1. The Labute approximate surface area is 56.7 Å². The Morgan fingerprint density at radius 3 is 2.80 bits per heavy atom. The highest BCUT2D eigenvalue weighted by atomic mass is 19.1. The maximum absolute atomic E-state index is 12.3. The molecular formula is C7H4FNO. The number of nitrogens with one attached hydrogen (secondary N) is 1. The molecule has 0 spiro atoms. The summed E-state index contributed by atoms with van der Waals surface area (Å²) in [5.74, 6) is 1.41. The van der Waals surface area contributed by atoms with Crippen LogP contribution in [0.1, 0.15) is 5.69 Å². The van der Waals surface area contributed by atoms with Gasteiger partial charge in [0, 0.05) is 12.1 Å². The van der Waals surface area contributed by atoms with Crippen molar-refractivity contribution in [3.63, 3.8) is 0 Å². The van der Waals surface area contributed by atoms with Crippen molar-refractivity contribution in [2.24, 2.45) is 0 Å². The Hall–Kier alpha value is -1.56. The molecule has 0 saturated carbocycles. The minimum absolute atomic E-state index is 0.157. The molecule has 1 aromatic rings. The van der Waals surface area contributed by atoms with Crippen LogP contribution in [0.2, 0.25) is 0 Å². The van der Waals surface area contributed by atoms with Gasteiger partial charge in [0.25, 0.3) is 0 Å². The molecule has 10 heavy (non-hydrogen) atoms. The van der Waals surface area contributed by atoms with Gasteiger partial charge in [0.15, 0.2) is 11.4 Å². The molecule has 2 nitrogen and oxygen atoms in total. The van der Waals surface area contributed by atoms with E-state index in [2.05, 4.69) is 10.9 Å². The monoisotopic (exact) mass is 137 g/mol. The number of halogens is 1. The molecule has 1 N–H and O–H groups in total. The average Bonchev–Trinajstić information content (AvgIpc) is 1.85. The van der Waals surface area contributed by atoms with Crippen molar-refractivity contribution in [2.45, 2.75) is 0 Å². The van der Waals surface area contributed by atoms with Crippen molar-refractivity contribution in [2.75, 3.05) is 0 Å². The van der Waals surface area contributed by atoms with E-state index in [1.54, 1.807) is 0 Å². The van der Waals surface area contributed by atoms with E-state index in [0.29, 0.717) is 0 Å². The van der Waals surface area contributed by atoms with Gasteiger partial charge in [-0.2, -0.15) is 4.39 Å². The standard InChI is InChI=1S/C7H4FNO/c1-2-5-3-6(10)4-7(8)9-5/h1,3-4H,(H,9,10). The Balaban J connectivity index is 3.36. The van der Waals surface area contributed by atoms with E-state index in [1.807, 2.05) is 0 Å². The van der Waals surface area contributed by atoms with Gasteiger partial charge in [0.2, 0.25) is 0 Å². The highest BCUT2D eigenvalue weighted by Gasteiger charge is 1.92. The van der Waals surface area contributed by atoms with Gasteiger partial charge in [-0.15, -0.1) is 6.42 Å². The molecule has 0 bridgehead atoms. The van der Waals surface area contributed by atoms with Crippen molar-refractivity contribution in [3.8, 4) is 12.3 Å². The third-order valence-electron chi connectivity index (χ3n) is 0.965. The predicted octanol–water partition coefficient (Wildman–Crippen LogP) is 0.495. The topological polar surface area (TPSA) is 32.9 Å². The molecule has 0 aliphatic carbocycles. The minimum atomic E-state index is -0.708. The van der Waals surface area contributed by atoms with Gasteiger partial charge in [0.05, 0.1) is 5.69 Å². The van der Waals surface area contributed by atoms with E-state index in [4.69, 9.17) is 6.42 Å². The fraction of sp³-hybridized carbons (Fsp3) is 0. The molecule has 0 saturated heterocycles. The highest BCUT2D eigenvalue weighted by molar-refractivity contribution is 5.23. The molecule has 0 fully saturated rings. The number of terminal acetylenes is 1. The smallest absolute Gasteiger partial charge is 0.195 e. The van der Waals surface area contributed by atoms with Crippen molar-refractivity contribution >= 4 is 0 Å². The largest absolute Gasteiger partial charge is 0.325 e. The molecule has 3 heteroatoms. The molecule has 0 amide bonds. The average molecular weight is 137 g/mol. The summed E-state index contributed by atoms with van der Waals surface area (Å²) in [4.78, 5) is 12.7. The second-order valence-corrected chi connectivity index (χ2v) is 1.72. The molecule has 0 aromatic carbocycles. The summed E-state index contributed by atoms with van der Waals surface area (Å²) in [7, 11) is 0. The molecule has 0 aliphatic heterocycles. The first kappa shape index (κ1) is 6.56. The third-order valence-corrected chi connectivity index (χ3v) is 0.965. The van der Waals surface area contributed by atoms with Crippen LogP contribution in [0.25, 0.3) is 0 Å². The maximum Gasteiger partial charge on any atom is 0.195 e. The van der Waals surface area contributed by atoms with E-state index in [0.717, 1.165) is 12.1 Å². The van der Waals surface area contributed by atoms with E-state index >= 15 is 0 Å². The van der Waals surface area contributed by atoms with Crippen molar-refractivity contribution < 1.29 is 4.39 Å². The molecular weight excluding hydrogens is 133 g/mol. The molecule has 1 aromatic heterocycles. The molecule has 1 heterocycles. The van der Waals surface area contributed by atoms with Gasteiger partial charge in [-0.1, -0.05) is 5.92 Å². The van der Waals surface area contributed by atoms with E-state index in [1.165, 1.54) is 0 Å². The van der Waals surface area contributed by atoms with Crippen LogP contribution in [0.3, 0.4) is 0 Å². The van der Waals surface area contributed by atoms with Crippen LogP contribution in [0.4, 0.5) is 4.39 Å². The van der Waals surface area contributed by atoms with Crippen LogP contribution >= 0.6 is 0 Å². The number of hydrogen-bond donors (Lipinski definition) is 1. The zero-order valence-corrected chi connectivity index (χ0v) is 5.02. The molecule has 0 unspecified atom stereocenters. The number of aromatic amines is 1. The molecule has 50 valence electrons. The lowest BCUT2D eigenvalue weighted by atomic mass is 10.3. The van der Waals surface area contributed by atoms with E-state index in [9.17, 15) is 9.18 Å². The van der Waals surface area contributed by atoms with Crippen molar-refractivity contribution in [1.29, 1.82) is 0 Å². The second kappa shape index (κ2) is 2.36. The van der Waals surface area contributed by atoms with Crippen molar-refractivity contribution in [3.05, 3.63) is 34.0 Å². The Morgan fingerprint density at radius 1 is 1.60 bits per heavy atom. The first-order chi connectivity index (χ1) is 4.72. The van der Waals surface area contributed by atoms with Crippen LogP contribution in [-0.4, -0.2) is 4.98 Å². The summed E-state index contributed by atoms with van der Waals surface area (Å²) >= 11 is 0. The van der Waals surface area contributed by atoms with E-state index in [-0.39, 0.29) is 5.69 Å². The zero-order valence-electron chi connectivity index (χ0n) is 5.02. The molecule has 0 aliphatic rings. The Bertz CT molecular complexity index is 334. The predicted molar refractivity (Wildman–Crippen MR) is 35.0 cm³/mol. The number of aromatic nitrogens is 1. The quantitative estimate of drug-likeness (QED) is 0.409. The van der Waals surface area contributed by atoms with Crippen LogP contribution in [-0.2, 0) is 0 Å². The van der Waals surface area contributed by atoms with Gasteiger partial charge in [-0.3, -0.25) is 4.79 Å². The fourth-order valence-electron chi connectivity index (χ4n) is 0.587. The minimum Gasteiger partial charge on any atom is -0.325 e. The lowest BCUT2D eigenvalue weighted by Gasteiger charge is -1.89. The number of H-pyrrole nitrogens is 1. The summed E-state index contributed by atoms with van der Waals surface area (Å²) in [5.41, 5.74) is -0.269. The normalized spacial score (nSPS) is 8.80. The first-order valence-corrected chi connectivity index (χ1v) is 2.59. The van der Waals surface area contributed by atoms with Gasteiger partial charge < -0.3 is 4.98 Å². The summed E-state index contributed by atoms with van der Waals surface area (Å²) in [6.07, 6.45) is 4.90. The zero-order chi connectivity index (χ0) is 7.56. The Morgan fingerprint density at radius 2 is 2.30 bits per heavy atom. The van der Waals surface area contributed by atoms with Crippen LogP contribution in [0.5, 0.6) is 0 Å². The molecule has 1 rings (SSSR count). The number of rotatable bonds is 0. The van der Waals surface area contributed by atoms with Gasteiger partial charge >= 0.3 is 0 Å². The second-order valence-electron chi connectivity index (χ2n) is 1.72. The third kappa shape index (κ3) is 1.23.